The van der Waals surface area contributed by atoms with Gasteiger partial charge in [-0.1, -0.05) is 58.0 Å². The fourth-order valence-corrected chi connectivity index (χ4v) is 8.35. The van der Waals surface area contributed by atoms with Crippen LogP contribution in [0.15, 0.2) is 66.7 Å². The molecule has 1 aliphatic rings. The van der Waals surface area contributed by atoms with E-state index >= 15 is 0 Å². The lowest BCUT2D eigenvalue weighted by Crippen LogP contribution is -2.41. The fraction of sp³-hybridized carbons (Fsp3) is 0.400. The minimum atomic E-state index is -0.340. The summed E-state index contributed by atoms with van der Waals surface area (Å²) in [5, 5.41) is 10.4. The van der Waals surface area contributed by atoms with E-state index in [0.717, 1.165) is 75.5 Å². The van der Waals surface area contributed by atoms with Crippen LogP contribution in [0.2, 0.25) is 0 Å². The first kappa shape index (κ1) is 39.1. The molecule has 0 saturated heterocycles. The van der Waals surface area contributed by atoms with E-state index in [4.69, 9.17) is 0 Å². The number of carbonyl (C=O) groups excluding carboxylic acids is 4. The molecule has 0 radical (unpaired) electrons. The average molecular weight is 745 g/mol. The van der Waals surface area contributed by atoms with Crippen molar-refractivity contribution in [1.82, 2.24) is 9.80 Å². The van der Waals surface area contributed by atoms with E-state index < -0.39 is 0 Å². The summed E-state index contributed by atoms with van der Waals surface area (Å²) in [5.41, 5.74) is 3.45. The van der Waals surface area contributed by atoms with Crippen LogP contribution in [0.3, 0.4) is 0 Å². The van der Waals surface area contributed by atoms with Crippen LogP contribution in [0.25, 0.3) is 21.5 Å². The Morgan fingerprint density at radius 2 is 1.27 bits per heavy atom. The number of amides is 4. The molecule has 0 unspecified atom stereocenters. The van der Waals surface area contributed by atoms with Crippen LogP contribution in [-0.2, 0) is 4.79 Å². The SMILES string of the molecule is C[N+](C)(C)CCCNc1ccc(C(=O)N(C=O)CCSSCCN2C(=O)c3cccc4c(NCCC[N+](C)(C)C)ccc(c34)C2=O)c2ccccc12. The molecule has 0 aliphatic carbocycles. The summed E-state index contributed by atoms with van der Waals surface area (Å²) in [6, 6.07) is 20.9. The maximum atomic E-state index is 13.5. The van der Waals surface area contributed by atoms with Gasteiger partial charge in [-0.3, -0.25) is 29.0 Å². The third kappa shape index (κ3) is 9.65. The molecule has 2 N–H and O–H groups in total. The summed E-state index contributed by atoms with van der Waals surface area (Å²) in [5.74, 6) is 0.112. The Balaban J connectivity index is 1.13. The molecular weight excluding hydrogens is 693 g/mol. The van der Waals surface area contributed by atoms with Crippen molar-refractivity contribution in [2.45, 2.75) is 12.8 Å². The maximum absolute atomic E-state index is 13.5. The van der Waals surface area contributed by atoms with Crippen molar-refractivity contribution >= 4 is 78.6 Å². The van der Waals surface area contributed by atoms with Gasteiger partial charge >= 0.3 is 0 Å². The largest absolute Gasteiger partial charge is 0.384 e. The molecular formula is C40H52N6O4S2+2. The molecule has 276 valence electrons. The zero-order valence-corrected chi connectivity index (χ0v) is 32.9. The number of hydrogen-bond acceptors (Lipinski definition) is 8. The van der Waals surface area contributed by atoms with E-state index in [1.165, 1.54) is 31.4 Å². The number of anilines is 2. The van der Waals surface area contributed by atoms with Gasteiger partial charge in [0.25, 0.3) is 17.7 Å². The molecule has 12 heteroatoms. The number of nitrogens with zero attached hydrogens (tertiary/aromatic N) is 4. The van der Waals surface area contributed by atoms with Crippen LogP contribution in [0.4, 0.5) is 11.4 Å². The number of nitrogens with one attached hydrogen (secondary N) is 2. The van der Waals surface area contributed by atoms with Crippen molar-refractivity contribution in [3.05, 3.63) is 83.4 Å². The summed E-state index contributed by atoms with van der Waals surface area (Å²) < 4.78 is 1.79. The van der Waals surface area contributed by atoms with Crippen LogP contribution >= 0.6 is 21.6 Å². The third-order valence-corrected chi connectivity index (χ3v) is 11.4. The summed E-state index contributed by atoms with van der Waals surface area (Å²) in [7, 11) is 16.0. The van der Waals surface area contributed by atoms with Gasteiger partial charge in [-0.15, -0.1) is 0 Å². The highest BCUT2D eigenvalue weighted by Crippen LogP contribution is 2.35. The molecule has 10 nitrogen and oxygen atoms in total. The Bertz CT molecular complexity index is 1920. The van der Waals surface area contributed by atoms with Gasteiger partial charge in [0.2, 0.25) is 6.41 Å². The van der Waals surface area contributed by atoms with Gasteiger partial charge in [-0.25, -0.2) is 0 Å². The molecule has 1 aliphatic heterocycles. The number of fused-ring (bicyclic) bond motifs is 1. The molecule has 4 aromatic carbocycles. The van der Waals surface area contributed by atoms with E-state index in [9.17, 15) is 19.2 Å². The number of rotatable bonds is 19. The molecule has 0 saturated carbocycles. The first-order valence-corrected chi connectivity index (χ1v) is 20.3. The standard InChI is InChI=1S/C40H50N6O4S2/c1-45(2,3)24-10-20-41-35-18-16-31(29-12-7-8-13-30(29)35)38(48)43(28-47)22-26-51-52-27-23-44-39(49)33-15-9-14-32-36(42-21-11-25-46(4,5)6)19-17-34(37(32)33)40(44)50/h7-9,12-19,28H,10-11,20-27H2,1-6H3/p+2. The number of quaternary nitrogens is 2. The van der Waals surface area contributed by atoms with Crippen molar-refractivity contribution in [2.75, 3.05) is 104 Å². The second-order valence-electron chi connectivity index (χ2n) is 15.2. The van der Waals surface area contributed by atoms with Gasteiger partial charge in [-0.2, -0.15) is 0 Å². The predicted molar refractivity (Wildman–Crippen MR) is 217 cm³/mol. The number of benzene rings is 4. The molecule has 0 fully saturated rings. The first-order valence-electron chi connectivity index (χ1n) is 17.8. The number of imide groups is 2. The molecule has 0 atom stereocenters. The Morgan fingerprint density at radius 1 is 0.712 bits per heavy atom. The van der Waals surface area contributed by atoms with Crippen molar-refractivity contribution in [3.63, 3.8) is 0 Å². The molecule has 0 bridgehead atoms. The number of hydrogen-bond donors (Lipinski definition) is 2. The normalized spacial score (nSPS) is 13.2. The Kier molecular flexibility index (Phi) is 12.9. The van der Waals surface area contributed by atoms with Crippen LogP contribution in [-0.4, -0.2) is 136 Å². The second-order valence-corrected chi connectivity index (χ2v) is 17.9. The summed E-state index contributed by atoms with van der Waals surface area (Å²) in [6.45, 7) is 4.20. The predicted octanol–water partition coefficient (Wildman–Crippen LogP) is 6.29. The lowest BCUT2D eigenvalue weighted by molar-refractivity contribution is -0.870. The zero-order chi connectivity index (χ0) is 37.5. The minimum Gasteiger partial charge on any atom is -0.384 e. The van der Waals surface area contributed by atoms with Crippen LogP contribution in [0.1, 0.15) is 43.9 Å². The van der Waals surface area contributed by atoms with Gasteiger partial charge in [0.15, 0.2) is 0 Å². The van der Waals surface area contributed by atoms with Crippen molar-refractivity contribution in [2.24, 2.45) is 0 Å². The van der Waals surface area contributed by atoms with E-state index in [1.54, 1.807) is 12.1 Å². The topological polar surface area (TPSA) is 98.8 Å². The van der Waals surface area contributed by atoms with Gasteiger partial charge in [0.1, 0.15) is 0 Å². The van der Waals surface area contributed by atoms with Gasteiger partial charge in [0.05, 0.1) is 55.4 Å². The van der Waals surface area contributed by atoms with Crippen molar-refractivity contribution < 1.29 is 28.1 Å². The van der Waals surface area contributed by atoms with Crippen LogP contribution in [0, 0.1) is 0 Å². The molecule has 4 aromatic rings. The second kappa shape index (κ2) is 17.2. The lowest BCUT2D eigenvalue weighted by atomic mass is 9.93. The maximum Gasteiger partial charge on any atom is 0.261 e. The van der Waals surface area contributed by atoms with Crippen LogP contribution in [0.5, 0.6) is 0 Å². The van der Waals surface area contributed by atoms with Crippen molar-refractivity contribution in [3.8, 4) is 0 Å². The minimum absolute atomic E-state index is 0.238. The highest BCUT2D eigenvalue weighted by atomic mass is 33.1. The van der Waals surface area contributed by atoms with Gasteiger partial charge < -0.3 is 19.6 Å². The molecule has 0 aromatic heterocycles. The summed E-state index contributed by atoms with van der Waals surface area (Å²) in [4.78, 5) is 55.2. The highest BCUT2D eigenvalue weighted by molar-refractivity contribution is 8.76. The van der Waals surface area contributed by atoms with E-state index in [2.05, 4.69) is 52.9 Å². The fourth-order valence-electron chi connectivity index (χ4n) is 6.43. The quantitative estimate of drug-likeness (QED) is 0.0381. The summed E-state index contributed by atoms with van der Waals surface area (Å²) >= 11 is 0. The smallest absolute Gasteiger partial charge is 0.261 e. The molecule has 1 heterocycles. The Morgan fingerprint density at radius 3 is 1.90 bits per heavy atom. The average Bonchev–Trinajstić information content (AvgIpc) is 3.10. The molecule has 5 rings (SSSR count). The Labute approximate surface area is 315 Å². The Hall–Kier alpha value is -4.10. The van der Waals surface area contributed by atoms with Crippen molar-refractivity contribution in [1.29, 1.82) is 0 Å². The van der Waals surface area contributed by atoms with Crippen LogP contribution < -0.4 is 10.6 Å². The monoisotopic (exact) mass is 744 g/mol. The number of carbonyl (C=O) groups is 4. The van der Waals surface area contributed by atoms with E-state index in [-0.39, 0.29) is 30.8 Å². The molecule has 4 amide bonds. The highest BCUT2D eigenvalue weighted by Gasteiger charge is 2.33. The molecule has 52 heavy (non-hydrogen) atoms. The first-order chi connectivity index (χ1) is 24.8. The zero-order valence-electron chi connectivity index (χ0n) is 31.2. The third-order valence-electron chi connectivity index (χ3n) is 9.07. The van der Waals surface area contributed by atoms with Gasteiger partial charge in [0, 0.05) is 94.8 Å². The lowest BCUT2D eigenvalue weighted by Gasteiger charge is -2.28. The molecule has 0 spiro atoms. The van der Waals surface area contributed by atoms with E-state index in [1.807, 2.05) is 54.6 Å². The van der Waals surface area contributed by atoms with E-state index in [0.29, 0.717) is 40.0 Å². The summed E-state index contributed by atoms with van der Waals surface area (Å²) in [6.07, 6.45) is 2.60. The van der Waals surface area contributed by atoms with Gasteiger partial charge in [-0.05, 0) is 35.7 Å².